The molecule has 0 aliphatic carbocycles. The van der Waals surface area contributed by atoms with Crippen LogP contribution in [0.3, 0.4) is 0 Å². The highest BCUT2D eigenvalue weighted by Gasteiger charge is 2.37. The lowest BCUT2D eigenvalue weighted by Gasteiger charge is -2.33. The van der Waals surface area contributed by atoms with Crippen LogP contribution in [0.1, 0.15) is 16.1 Å². The summed E-state index contributed by atoms with van der Waals surface area (Å²) in [6.45, 7) is 1.45. The van der Waals surface area contributed by atoms with Gasteiger partial charge in [0.05, 0.1) is 17.3 Å². The molecule has 1 aromatic heterocycles. The van der Waals surface area contributed by atoms with E-state index in [0.29, 0.717) is 31.6 Å². The quantitative estimate of drug-likeness (QED) is 0.766. The normalized spacial score (nSPS) is 28.3. The number of aromatic nitrogens is 1. The molecule has 5 heteroatoms. The fraction of sp³-hybridized carbons (Fsp3) is 0.500. The third kappa shape index (κ3) is 1.70. The molecule has 17 heavy (non-hydrogen) atoms. The molecule has 2 atom stereocenters. The fourth-order valence-corrected chi connectivity index (χ4v) is 2.57. The number of pyridine rings is 1. The minimum Gasteiger partial charge on any atom is -0.331 e. The standard InChI is InChI=1S/C12H14FN3O/c13-9-6-14-7-11(9)16-5-3-10-8(12(16)17)2-1-4-15-10/h1-2,4,9,11,14H,3,5-7H2. The number of nitrogens with one attached hydrogen (secondary N) is 1. The highest BCUT2D eigenvalue weighted by molar-refractivity contribution is 5.96. The summed E-state index contributed by atoms with van der Waals surface area (Å²) in [4.78, 5) is 18.1. The first-order chi connectivity index (χ1) is 8.27. The third-order valence-electron chi connectivity index (χ3n) is 3.48. The van der Waals surface area contributed by atoms with E-state index in [1.807, 2.05) is 0 Å². The number of fused-ring (bicyclic) bond motifs is 1. The van der Waals surface area contributed by atoms with E-state index in [0.717, 1.165) is 5.69 Å². The van der Waals surface area contributed by atoms with Gasteiger partial charge >= 0.3 is 0 Å². The summed E-state index contributed by atoms with van der Waals surface area (Å²) < 4.78 is 13.6. The van der Waals surface area contributed by atoms with Gasteiger partial charge in [0.25, 0.3) is 5.91 Å². The van der Waals surface area contributed by atoms with Crippen molar-refractivity contribution in [1.82, 2.24) is 15.2 Å². The van der Waals surface area contributed by atoms with Gasteiger partial charge in [0, 0.05) is 32.3 Å². The molecule has 0 radical (unpaired) electrons. The van der Waals surface area contributed by atoms with Gasteiger partial charge in [-0.25, -0.2) is 4.39 Å². The summed E-state index contributed by atoms with van der Waals surface area (Å²) in [5, 5.41) is 2.98. The molecule has 1 amide bonds. The van der Waals surface area contributed by atoms with Crippen molar-refractivity contribution in [2.24, 2.45) is 0 Å². The molecule has 2 unspecified atom stereocenters. The van der Waals surface area contributed by atoms with Crippen LogP contribution < -0.4 is 5.32 Å². The smallest absolute Gasteiger partial charge is 0.256 e. The second-order valence-electron chi connectivity index (χ2n) is 4.49. The van der Waals surface area contributed by atoms with Gasteiger partial charge in [0.15, 0.2) is 0 Å². The molecule has 3 rings (SSSR count). The van der Waals surface area contributed by atoms with Crippen molar-refractivity contribution in [1.29, 1.82) is 0 Å². The van der Waals surface area contributed by atoms with Gasteiger partial charge in [-0.15, -0.1) is 0 Å². The number of carbonyl (C=O) groups is 1. The van der Waals surface area contributed by atoms with E-state index >= 15 is 0 Å². The molecule has 0 aromatic carbocycles. The first-order valence-electron chi connectivity index (χ1n) is 5.87. The van der Waals surface area contributed by atoms with Crippen LogP contribution in [0.4, 0.5) is 4.39 Å². The van der Waals surface area contributed by atoms with Crippen LogP contribution in [0.25, 0.3) is 0 Å². The van der Waals surface area contributed by atoms with Gasteiger partial charge in [-0.3, -0.25) is 9.78 Å². The Labute approximate surface area is 98.8 Å². The maximum absolute atomic E-state index is 13.6. The summed E-state index contributed by atoms with van der Waals surface area (Å²) in [6, 6.07) is 3.20. The van der Waals surface area contributed by atoms with Gasteiger partial charge in [-0.05, 0) is 12.1 Å². The van der Waals surface area contributed by atoms with Crippen LogP contribution in [-0.4, -0.2) is 47.6 Å². The highest BCUT2D eigenvalue weighted by Crippen LogP contribution is 2.22. The highest BCUT2D eigenvalue weighted by atomic mass is 19.1. The van der Waals surface area contributed by atoms with Crippen LogP contribution in [-0.2, 0) is 6.42 Å². The Morgan fingerprint density at radius 3 is 3.12 bits per heavy atom. The predicted octanol–water partition coefficient (Wildman–Crippen LogP) is 0.390. The zero-order valence-corrected chi connectivity index (χ0v) is 9.40. The molecule has 0 bridgehead atoms. The van der Waals surface area contributed by atoms with E-state index in [-0.39, 0.29) is 11.9 Å². The number of carbonyl (C=O) groups excluding carboxylic acids is 1. The van der Waals surface area contributed by atoms with Gasteiger partial charge < -0.3 is 10.2 Å². The number of nitrogens with zero attached hydrogens (tertiary/aromatic N) is 2. The molecular formula is C12H14FN3O. The minimum absolute atomic E-state index is 0.0873. The molecule has 2 aliphatic rings. The molecular weight excluding hydrogens is 221 g/mol. The fourth-order valence-electron chi connectivity index (χ4n) is 2.57. The van der Waals surface area contributed by atoms with Gasteiger partial charge in [-0.2, -0.15) is 0 Å². The Balaban J connectivity index is 1.89. The topological polar surface area (TPSA) is 45.2 Å². The van der Waals surface area contributed by atoms with Crippen molar-refractivity contribution < 1.29 is 9.18 Å². The van der Waals surface area contributed by atoms with E-state index in [4.69, 9.17) is 0 Å². The Morgan fingerprint density at radius 2 is 2.35 bits per heavy atom. The molecule has 1 saturated heterocycles. The average Bonchev–Trinajstić information content (AvgIpc) is 2.76. The Kier molecular flexibility index (Phi) is 2.55. The molecule has 1 fully saturated rings. The lowest BCUT2D eigenvalue weighted by atomic mass is 10.0. The zero-order valence-electron chi connectivity index (χ0n) is 9.40. The first kappa shape index (κ1) is 10.7. The van der Waals surface area contributed by atoms with Crippen LogP contribution in [0.15, 0.2) is 18.3 Å². The molecule has 0 saturated carbocycles. The SMILES string of the molecule is O=C1c2cccnc2CCN1C1CNCC1F. The summed E-state index contributed by atoms with van der Waals surface area (Å²) in [5.74, 6) is -0.0873. The van der Waals surface area contributed by atoms with Gasteiger partial charge in [-0.1, -0.05) is 0 Å². The minimum atomic E-state index is -0.961. The predicted molar refractivity (Wildman–Crippen MR) is 60.5 cm³/mol. The monoisotopic (exact) mass is 235 g/mol. The number of halogens is 1. The summed E-state index contributed by atoms with van der Waals surface area (Å²) in [6.07, 6.45) is 1.44. The summed E-state index contributed by atoms with van der Waals surface area (Å²) in [7, 11) is 0. The Morgan fingerprint density at radius 1 is 1.47 bits per heavy atom. The number of hydrogen-bond donors (Lipinski definition) is 1. The Bertz CT molecular complexity index is 451. The molecule has 1 N–H and O–H groups in total. The molecule has 1 aromatic rings. The third-order valence-corrected chi connectivity index (χ3v) is 3.48. The largest absolute Gasteiger partial charge is 0.331 e. The molecule has 4 nitrogen and oxygen atoms in total. The van der Waals surface area contributed by atoms with E-state index in [1.165, 1.54) is 0 Å². The van der Waals surface area contributed by atoms with Crippen molar-refractivity contribution in [3.05, 3.63) is 29.6 Å². The van der Waals surface area contributed by atoms with Crippen LogP contribution in [0.5, 0.6) is 0 Å². The first-order valence-corrected chi connectivity index (χ1v) is 5.87. The van der Waals surface area contributed by atoms with E-state index in [9.17, 15) is 9.18 Å². The molecule has 3 heterocycles. The van der Waals surface area contributed by atoms with Crippen LogP contribution in [0.2, 0.25) is 0 Å². The lowest BCUT2D eigenvalue weighted by molar-refractivity contribution is 0.0601. The van der Waals surface area contributed by atoms with E-state index in [2.05, 4.69) is 10.3 Å². The zero-order chi connectivity index (χ0) is 11.8. The molecule has 0 spiro atoms. The number of alkyl halides is 1. The van der Waals surface area contributed by atoms with Crippen LogP contribution in [0, 0.1) is 0 Å². The maximum Gasteiger partial charge on any atom is 0.256 e. The number of hydrogen-bond acceptors (Lipinski definition) is 3. The number of amides is 1. The Hall–Kier alpha value is -1.49. The second-order valence-corrected chi connectivity index (χ2v) is 4.49. The summed E-state index contributed by atoms with van der Waals surface area (Å²) in [5.41, 5.74) is 1.45. The van der Waals surface area contributed by atoms with Crippen LogP contribution >= 0.6 is 0 Å². The van der Waals surface area contributed by atoms with E-state index in [1.54, 1.807) is 23.2 Å². The van der Waals surface area contributed by atoms with E-state index < -0.39 is 6.17 Å². The van der Waals surface area contributed by atoms with Gasteiger partial charge in [0.1, 0.15) is 6.17 Å². The van der Waals surface area contributed by atoms with Crippen molar-refractivity contribution in [3.8, 4) is 0 Å². The van der Waals surface area contributed by atoms with Gasteiger partial charge in [0.2, 0.25) is 0 Å². The van der Waals surface area contributed by atoms with Crippen molar-refractivity contribution in [2.75, 3.05) is 19.6 Å². The van der Waals surface area contributed by atoms with Crippen molar-refractivity contribution >= 4 is 5.91 Å². The summed E-state index contributed by atoms with van der Waals surface area (Å²) >= 11 is 0. The molecule has 2 aliphatic heterocycles. The van der Waals surface area contributed by atoms with Crippen molar-refractivity contribution in [3.63, 3.8) is 0 Å². The average molecular weight is 235 g/mol. The maximum atomic E-state index is 13.6. The second kappa shape index (κ2) is 4.07. The lowest BCUT2D eigenvalue weighted by Crippen LogP contribution is -2.49. The molecule has 90 valence electrons. The van der Waals surface area contributed by atoms with Crippen molar-refractivity contribution in [2.45, 2.75) is 18.6 Å². The number of rotatable bonds is 1.